The number of rotatable bonds is 6. The van der Waals surface area contributed by atoms with Gasteiger partial charge in [0.15, 0.2) is 5.69 Å². The largest absolute Gasteiger partial charge is 0.330 e. The summed E-state index contributed by atoms with van der Waals surface area (Å²) in [6.45, 7) is 1.12. The van der Waals surface area contributed by atoms with Gasteiger partial charge in [0.25, 0.3) is 5.91 Å². The van der Waals surface area contributed by atoms with Gasteiger partial charge in [-0.3, -0.25) is 4.79 Å². The summed E-state index contributed by atoms with van der Waals surface area (Å²) in [5, 5.41) is 8.69. The summed E-state index contributed by atoms with van der Waals surface area (Å²) in [7, 11) is 0. The van der Waals surface area contributed by atoms with Crippen molar-refractivity contribution >= 4 is 29.9 Å². The summed E-state index contributed by atoms with van der Waals surface area (Å²) in [6, 6.07) is 21.7. The van der Waals surface area contributed by atoms with Crippen LogP contribution >= 0.6 is 24.0 Å². The third-order valence-electron chi connectivity index (χ3n) is 6.43. The molecule has 0 atom stereocenters. The van der Waals surface area contributed by atoms with Crippen LogP contribution in [0, 0.1) is 0 Å². The van der Waals surface area contributed by atoms with Gasteiger partial charge in [0.2, 0.25) is 0 Å². The molecule has 32 heavy (non-hydrogen) atoms. The van der Waals surface area contributed by atoms with Gasteiger partial charge < -0.3 is 10.6 Å². The molecule has 1 amide bonds. The van der Waals surface area contributed by atoms with Crippen molar-refractivity contribution in [2.75, 3.05) is 6.54 Å². The van der Waals surface area contributed by atoms with E-state index in [4.69, 9.17) is 17.3 Å². The molecule has 2 N–H and O–H groups in total. The fourth-order valence-corrected chi connectivity index (χ4v) is 4.80. The molecule has 7 heteroatoms. The summed E-state index contributed by atoms with van der Waals surface area (Å²) < 4.78 is 0. The fraction of sp³-hybridized carbons (Fsp3) is 0.320. The van der Waals surface area contributed by atoms with E-state index in [-0.39, 0.29) is 29.8 Å². The first kappa shape index (κ1) is 24.2. The molecule has 5 nitrogen and oxygen atoms in total. The highest BCUT2D eigenvalue weighted by molar-refractivity contribution is 6.30. The Morgan fingerprint density at radius 3 is 2.44 bits per heavy atom. The molecule has 168 valence electrons. The zero-order chi connectivity index (χ0) is 21.7. The minimum Gasteiger partial charge on any atom is -0.330 e. The number of nitrogens with two attached hydrogens (primary N) is 1. The Balaban J connectivity index is 0.00000289. The fourth-order valence-electron chi connectivity index (χ4n) is 4.61. The van der Waals surface area contributed by atoms with Crippen molar-refractivity contribution in [1.82, 2.24) is 15.1 Å². The van der Waals surface area contributed by atoms with Crippen LogP contribution < -0.4 is 5.73 Å². The molecule has 0 unspecified atom stereocenters. The summed E-state index contributed by atoms with van der Waals surface area (Å²) >= 11 is 6.26. The summed E-state index contributed by atoms with van der Waals surface area (Å²) in [5.74, 6) is -0.0787. The molecule has 1 fully saturated rings. The summed E-state index contributed by atoms with van der Waals surface area (Å²) in [6.07, 6.45) is 5.16. The van der Waals surface area contributed by atoms with E-state index >= 15 is 0 Å². The van der Waals surface area contributed by atoms with Gasteiger partial charge in [0.1, 0.15) is 0 Å². The van der Waals surface area contributed by atoms with Crippen LogP contribution in [0.5, 0.6) is 0 Å². The van der Waals surface area contributed by atoms with Gasteiger partial charge in [-0.05, 0) is 61.1 Å². The smallest absolute Gasteiger partial charge is 0.274 e. The van der Waals surface area contributed by atoms with Crippen molar-refractivity contribution in [3.63, 3.8) is 0 Å². The van der Waals surface area contributed by atoms with Crippen LogP contribution in [0.1, 0.15) is 47.3 Å². The Morgan fingerprint density at radius 1 is 1.06 bits per heavy atom. The van der Waals surface area contributed by atoms with Crippen LogP contribution in [-0.2, 0) is 12.0 Å². The maximum Gasteiger partial charge on any atom is 0.274 e. The Morgan fingerprint density at radius 2 is 1.81 bits per heavy atom. The second kappa shape index (κ2) is 10.9. The molecule has 0 aliphatic heterocycles. The Bertz CT molecular complexity index is 1010. The van der Waals surface area contributed by atoms with Crippen LogP contribution in [0.3, 0.4) is 0 Å². The zero-order valence-corrected chi connectivity index (χ0v) is 19.4. The zero-order valence-electron chi connectivity index (χ0n) is 17.9. The lowest BCUT2D eigenvalue weighted by molar-refractivity contribution is 0.0565. The number of carbonyl (C=O) groups excluding carboxylic acids is 1. The first-order chi connectivity index (χ1) is 15.1. The number of aromatic nitrogens is 2. The maximum atomic E-state index is 13.4. The number of carbonyl (C=O) groups is 1. The molecule has 0 radical (unpaired) electrons. The first-order valence-corrected chi connectivity index (χ1v) is 11.1. The number of amides is 1. The normalized spacial score (nSPS) is 20.2. The Hall–Kier alpha value is -2.47. The monoisotopic (exact) mass is 470 g/mol. The van der Waals surface area contributed by atoms with E-state index in [9.17, 15) is 4.79 Å². The van der Waals surface area contributed by atoms with E-state index in [0.717, 1.165) is 36.3 Å². The van der Waals surface area contributed by atoms with Crippen molar-refractivity contribution in [1.29, 1.82) is 0 Å². The van der Waals surface area contributed by atoms with E-state index in [1.807, 2.05) is 41.3 Å². The quantitative estimate of drug-likeness (QED) is 0.547. The molecule has 1 saturated carbocycles. The van der Waals surface area contributed by atoms with E-state index in [1.165, 1.54) is 5.56 Å². The van der Waals surface area contributed by atoms with Gasteiger partial charge in [0, 0.05) is 35.8 Å². The van der Waals surface area contributed by atoms with Crippen molar-refractivity contribution in [3.8, 4) is 0 Å². The lowest BCUT2D eigenvalue weighted by Crippen LogP contribution is -2.47. The van der Waals surface area contributed by atoms with Crippen molar-refractivity contribution < 1.29 is 4.79 Å². The highest BCUT2D eigenvalue weighted by Crippen LogP contribution is 2.41. The SMILES string of the molecule is Cl.NC[C@]1(c2cccc(Cl)c2)CC[C@H](N(Cc2ccccc2)C(=O)c2cccnn2)CC1. The summed E-state index contributed by atoms with van der Waals surface area (Å²) in [5.41, 5.74) is 8.84. The minimum atomic E-state index is -0.102. The van der Waals surface area contributed by atoms with Crippen LogP contribution in [0.25, 0.3) is 0 Å². The maximum absolute atomic E-state index is 13.4. The molecule has 4 rings (SSSR count). The second-order valence-corrected chi connectivity index (χ2v) is 8.69. The van der Waals surface area contributed by atoms with Gasteiger partial charge in [0.05, 0.1) is 0 Å². The number of nitrogens with zero attached hydrogens (tertiary/aromatic N) is 3. The highest BCUT2D eigenvalue weighted by atomic mass is 35.5. The molecular weight excluding hydrogens is 443 g/mol. The van der Waals surface area contributed by atoms with Crippen molar-refractivity contribution in [3.05, 3.63) is 94.8 Å². The molecule has 1 heterocycles. The molecule has 1 aliphatic rings. The van der Waals surface area contributed by atoms with Crippen LogP contribution in [0.2, 0.25) is 5.02 Å². The van der Waals surface area contributed by atoms with Gasteiger partial charge in [-0.1, -0.05) is 54.1 Å². The topological polar surface area (TPSA) is 72.1 Å². The van der Waals surface area contributed by atoms with Crippen LogP contribution in [0.4, 0.5) is 0 Å². The second-order valence-electron chi connectivity index (χ2n) is 8.25. The summed E-state index contributed by atoms with van der Waals surface area (Å²) in [4.78, 5) is 15.3. The van der Waals surface area contributed by atoms with Gasteiger partial charge in [-0.25, -0.2) is 0 Å². The molecule has 2 aromatic carbocycles. The number of hydrogen-bond donors (Lipinski definition) is 1. The first-order valence-electron chi connectivity index (χ1n) is 10.7. The van der Waals surface area contributed by atoms with Crippen molar-refractivity contribution in [2.24, 2.45) is 5.73 Å². The lowest BCUT2D eigenvalue weighted by atomic mass is 9.68. The third-order valence-corrected chi connectivity index (χ3v) is 6.66. The van der Waals surface area contributed by atoms with E-state index < -0.39 is 0 Å². The van der Waals surface area contributed by atoms with Gasteiger partial charge >= 0.3 is 0 Å². The minimum absolute atomic E-state index is 0. The number of halogens is 2. The highest BCUT2D eigenvalue weighted by Gasteiger charge is 2.39. The third kappa shape index (κ3) is 5.29. The van der Waals surface area contributed by atoms with E-state index in [2.05, 4.69) is 28.4 Å². The standard InChI is InChI=1S/C25H27ClN4O.ClH/c26-21-9-4-8-20(16-21)25(18-27)13-11-22(12-14-25)30(17-19-6-2-1-3-7-19)24(31)23-10-5-15-28-29-23;/h1-10,15-16,22H,11-14,17-18,27H2;1H/t22-,25-;. The number of hydrogen-bond acceptors (Lipinski definition) is 4. The number of benzene rings is 2. The molecular formula is C25H28Cl2N4O. The predicted octanol–water partition coefficient (Wildman–Crippen LogP) is 5.03. The molecule has 0 saturated heterocycles. The van der Waals surface area contributed by atoms with Gasteiger partial charge in [-0.15, -0.1) is 17.5 Å². The van der Waals surface area contributed by atoms with Crippen LogP contribution in [0.15, 0.2) is 72.9 Å². The van der Waals surface area contributed by atoms with E-state index in [1.54, 1.807) is 18.3 Å². The molecule has 1 aromatic heterocycles. The molecule has 1 aliphatic carbocycles. The van der Waals surface area contributed by atoms with Crippen molar-refractivity contribution in [2.45, 2.75) is 43.7 Å². The average molecular weight is 471 g/mol. The predicted molar refractivity (Wildman–Crippen MR) is 130 cm³/mol. The van der Waals surface area contributed by atoms with E-state index in [0.29, 0.717) is 18.8 Å². The molecule has 3 aromatic rings. The molecule has 0 spiro atoms. The molecule has 0 bridgehead atoms. The Labute approximate surface area is 200 Å². The Kier molecular flexibility index (Phi) is 8.24. The average Bonchev–Trinajstić information content (AvgIpc) is 2.83. The van der Waals surface area contributed by atoms with Gasteiger partial charge in [-0.2, -0.15) is 5.10 Å². The van der Waals surface area contributed by atoms with Crippen LogP contribution in [-0.4, -0.2) is 33.6 Å². The lowest BCUT2D eigenvalue weighted by Gasteiger charge is -2.43.